The van der Waals surface area contributed by atoms with Gasteiger partial charge in [-0.15, -0.1) is 12.4 Å². The molecule has 1 aliphatic heterocycles. The van der Waals surface area contributed by atoms with Crippen molar-refractivity contribution in [1.82, 2.24) is 4.90 Å². The normalized spacial score (nSPS) is 26.3. The van der Waals surface area contributed by atoms with Crippen molar-refractivity contribution >= 4 is 12.4 Å². The third kappa shape index (κ3) is 5.26. The van der Waals surface area contributed by atoms with E-state index in [1.54, 1.807) is 14.2 Å². The summed E-state index contributed by atoms with van der Waals surface area (Å²) >= 11 is 0. The van der Waals surface area contributed by atoms with Gasteiger partial charge in [-0.25, -0.2) is 0 Å². The van der Waals surface area contributed by atoms with E-state index in [-0.39, 0.29) is 18.5 Å². The van der Waals surface area contributed by atoms with Crippen LogP contribution in [0.25, 0.3) is 0 Å². The molecule has 3 atom stereocenters. The van der Waals surface area contributed by atoms with Gasteiger partial charge in [0, 0.05) is 19.1 Å². The first-order valence-corrected chi connectivity index (χ1v) is 9.46. The molecule has 1 aromatic rings. The number of nitrogens with zero attached hydrogens (tertiary/aromatic N) is 1. The first-order valence-electron chi connectivity index (χ1n) is 9.46. The highest BCUT2D eigenvalue weighted by Gasteiger charge is 2.34. The van der Waals surface area contributed by atoms with Crippen LogP contribution in [0.2, 0.25) is 0 Å². The lowest BCUT2D eigenvalue weighted by Gasteiger charge is -2.37. The van der Waals surface area contributed by atoms with Crippen LogP contribution in [0.4, 0.5) is 0 Å². The molecule has 1 saturated heterocycles. The van der Waals surface area contributed by atoms with Gasteiger partial charge in [0.2, 0.25) is 0 Å². The standard InChI is InChI=1S/C20H31NO4.ClH/c1-23-19-8-7-15(13-20(19)24-2)10-12-25-18-6-4-3-5-17(18)21-11-9-16(22)14-21;/h7-8,13,16-18,22H,3-6,9-12,14H2,1-2H3;1H/t16?,17-,18-;/m1./s1. The average Bonchev–Trinajstić information content (AvgIpc) is 3.08. The minimum atomic E-state index is -0.158. The molecule has 0 bridgehead atoms. The van der Waals surface area contributed by atoms with Crippen molar-refractivity contribution in [2.75, 3.05) is 33.9 Å². The smallest absolute Gasteiger partial charge is 0.160 e. The Bertz CT molecular complexity index is 557. The molecule has 26 heavy (non-hydrogen) atoms. The van der Waals surface area contributed by atoms with Gasteiger partial charge < -0.3 is 19.3 Å². The van der Waals surface area contributed by atoms with Crippen molar-refractivity contribution < 1.29 is 19.3 Å². The van der Waals surface area contributed by atoms with Crippen molar-refractivity contribution in [3.05, 3.63) is 23.8 Å². The van der Waals surface area contributed by atoms with E-state index in [9.17, 15) is 5.11 Å². The van der Waals surface area contributed by atoms with Crippen LogP contribution in [0.5, 0.6) is 11.5 Å². The lowest BCUT2D eigenvalue weighted by Crippen LogP contribution is -2.46. The molecule has 1 N–H and O–H groups in total. The number of aliphatic hydroxyl groups excluding tert-OH is 1. The van der Waals surface area contributed by atoms with E-state index in [0.717, 1.165) is 43.9 Å². The molecule has 1 unspecified atom stereocenters. The number of likely N-dealkylation sites (tertiary alicyclic amines) is 1. The topological polar surface area (TPSA) is 51.2 Å². The zero-order valence-corrected chi connectivity index (χ0v) is 16.7. The summed E-state index contributed by atoms with van der Waals surface area (Å²) in [5.41, 5.74) is 1.20. The van der Waals surface area contributed by atoms with Gasteiger partial charge in [0.25, 0.3) is 0 Å². The van der Waals surface area contributed by atoms with Crippen molar-refractivity contribution in [3.63, 3.8) is 0 Å². The Morgan fingerprint density at radius 2 is 1.85 bits per heavy atom. The van der Waals surface area contributed by atoms with Gasteiger partial charge >= 0.3 is 0 Å². The van der Waals surface area contributed by atoms with Crippen LogP contribution >= 0.6 is 12.4 Å². The van der Waals surface area contributed by atoms with E-state index in [4.69, 9.17) is 14.2 Å². The molecule has 1 aromatic carbocycles. The molecule has 0 amide bonds. The van der Waals surface area contributed by atoms with E-state index in [2.05, 4.69) is 11.0 Å². The molecular weight excluding hydrogens is 354 g/mol. The van der Waals surface area contributed by atoms with Crippen LogP contribution in [-0.4, -0.2) is 62.2 Å². The first kappa shape index (κ1) is 21.3. The van der Waals surface area contributed by atoms with Gasteiger partial charge in [-0.05, 0) is 43.4 Å². The van der Waals surface area contributed by atoms with Gasteiger partial charge in [0.05, 0.1) is 33.0 Å². The summed E-state index contributed by atoms with van der Waals surface area (Å²) in [6.07, 6.45) is 6.73. The molecule has 2 aliphatic rings. The fraction of sp³-hybridized carbons (Fsp3) is 0.700. The highest BCUT2D eigenvalue weighted by molar-refractivity contribution is 5.85. The Hall–Kier alpha value is -1.01. The fourth-order valence-electron chi connectivity index (χ4n) is 4.12. The maximum Gasteiger partial charge on any atom is 0.160 e. The Morgan fingerprint density at radius 1 is 1.08 bits per heavy atom. The summed E-state index contributed by atoms with van der Waals surface area (Å²) in [5, 5.41) is 9.83. The predicted octanol–water partition coefficient (Wildman–Crippen LogP) is 3.06. The van der Waals surface area contributed by atoms with Crippen molar-refractivity contribution in [2.45, 2.75) is 56.8 Å². The van der Waals surface area contributed by atoms with E-state index in [1.807, 2.05) is 12.1 Å². The molecule has 1 aliphatic carbocycles. The number of ether oxygens (including phenoxy) is 3. The Balaban J connectivity index is 0.00000243. The van der Waals surface area contributed by atoms with Crippen LogP contribution in [0.15, 0.2) is 18.2 Å². The Morgan fingerprint density at radius 3 is 2.54 bits per heavy atom. The zero-order valence-electron chi connectivity index (χ0n) is 15.9. The van der Waals surface area contributed by atoms with Crippen LogP contribution < -0.4 is 9.47 Å². The van der Waals surface area contributed by atoms with Gasteiger partial charge in [0.1, 0.15) is 0 Å². The van der Waals surface area contributed by atoms with Crippen LogP contribution in [0.3, 0.4) is 0 Å². The predicted molar refractivity (Wildman–Crippen MR) is 105 cm³/mol. The summed E-state index contributed by atoms with van der Waals surface area (Å²) in [7, 11) is 3.31. The molecule has 2 fully saturated rings. The quantitative estimate of drug-likeness (QED) is 0.781. The third-order valence-corrected chi connectivity index (χ3v) is 5.50. The third-order valence-electron chi connectivity index (χ3n) is 5.50. The largest absolute Gasteiger partial charge is 0.493 e. The van der Waals surface area contributed by atoms with Crippen LogP contribution in [0, 0.1) is 0 Å². The second-order valence-corrected chi connectivity index (χ2v) is 7.14. The maximum atomic E-state index is 9.83. The van der Waals surface area contributed by atoms with Gasteiger partial charge in [-0.3, -0.25) is 4.90 Å². The summed E-state index contributed by atoms with van der Waals surface area (Å²) in [6.45, 7) is 2.52. The minimum Gasteiger partial charge on any atom is -0.493 e. The fourth-order valence-corrected chi connectivity index (χ4v) is 4.12. The lowest BCUT2D eigenvalue weighted by atomic mass is 9.91. The monoisotopic (exact) mass is 385 g/mol. The second kappa shape index (κ2) is 10.4. The number of β-amino-alcohol motifs (C(OH)–C–C–N with tert-alkyl or cyclic N) is 1. The van der Waals surface area contributed by atoms with Gasteiger partial charge in [0.15, 0.2) is 11.5 Å². The molecular formula is C20H32ClNO4. The number of rotatable bonds is 7. The maximum absolute atomic E-state index is 9.83. The molecule has 3 rings (SSSR count). The lowest BCUT2D eigenvalue weighted by molar-refractivity contribution is -0.0316. The molecule has 0 spiro atoms. The molecule has 6 heteroatoms. The van der Waals surface area contributed by atoms with Crippen LogP contribution in [-0.2, 0) is 11.2 Å². The SMILES string of the molecule is COc1ccc(CCO[C@@H]2CCCC[C@H]2N2CCC(O)C2)cc1OC.Cl. The highest BCUT2D eigenvalue weighted by atomic mass is 35.5. The highest BCUT2D eigenvalue weighted by Crippen LogP contribution is 2.30. The molecule has 5 nitrogen and oxygen atoms in total. The first-order chi connectivity index (χ1) is 12.2. The zero-order chi connectivity index (χ0) is 17.6. The summed E-state index contributed by atoms with van der Waals surface area (Å²) in [5.74, 6) is 1.52. The van der Waals surface area contributed by atoms with E-state index in [1.165, 1.54) is 24.8 Å². The van der Waals surface area contributed by atoms with E-state index in [0.29, 0.717) is 18.8 Å². The molecule has 0 aromatic heterocycles. The van der Waals surface area contributed by atoms with Crippen molar-refractivity contribution in [2.24, 2.45) is 0 Å². The number of methoxy groups -OCH3 is 2. The van der Waals surface area contributed by atoms with Crippen molar-refractivity contribution in [1.29, 1.82) is 0 Å². The number of aliphatic hydroxyl groups is 1. The van der Waals surface area contributed by atoms with Crippen LogP contribution in [0.1, 0.15) is 37.7 Å². The molecule has 148 valence electrons. The molecule has 0 radical (unpaired) electrons. The average molecular weight is 386 g/mol. The molecule has 1 saturated carbocycles. The summed E-state index contributed by atoms with van der Waals surface area (Å²) < 4.78 is 16.9. The molecule has 1 heterocycles. The Kier molecular flexibility index (Phi) is 8.48. The number of halogens is 1. The number of hydrogen-bond acceptors (Lipinski definition) is 5. The van der Waals surface area contributed by atoms with E-state index >= 15 is 0 Å². The second-order valence-electron chi connectivity index (χ2n) is 7.14. The minimum absolute atomic E-state index is 0. The van der Waals surface area contributed by atoms with E-state index < -0.39 is 0 Å². The van der Waals surface area contributed by atoms with Crippen molar-refractivity contribution in [3.8, 4) is 11.5 Å². The number of hydrogen-bond donors (Lipinski definition) is 1. The van der Waals surface area contributed by atoms with Gasteiger partial charge in [-0.1, -0.05) is 18.9 Å². The Labute approximate surface area is 163 Å². The number of benzene rings is 1. The summed E-state index contributed by atoms with van der Waals surface area (Å²) in [6, 6.07) is 6.51. The summed E-state index contributed by atoms with van der Waals surface area (Å²) in [4.78, 5) is 2.44. The van der Waals surface area contributed by atoms with Gasteiger partial charge in [-0.2, -0.15) is 0 Å².